The first-order valence-corrected chi connectivity index (χ1v) is 5.23. The minimum atomic E-state index is -0.502. The van der Waals surface area contributed by atoms with Crippen LogP contribution < -0.4 is 5.73 Å². The summed E-state index contributed by atoms with van der Waals surface area (Å²) in [7, 11) is 0. The van der Waals surface area contributed by atoms with Crippen molar-refractivity contribution in [3.05, 3.63) is 38.9 Å². The number of nitriles is 1. The molecule has 0 aliphatic heterocycles. The lowest BCUT2D eigenvalue weighted by Gasteiger charge is -2.20. The van der Waals surface area contributed by atoms with Crippen LogP contribution in [-0.2, 0) is 12.0 Å². The average molecular weight is 233 g/mol. The lowest BCUT2D eigenvalue weighted by atomic mass is 9.83. The van der Waals surface area contributed by atoms with Crippen molar-refractivity contribution in [3.8, 4) is 6.07 Å². The van der Waals surface area contributed by atoms with Crippen molar-refractivity contribution < 1.29 is 4.92 Å². The van der Waals surface area contributed by atoms with Crippen LogP contribution in [0.2, 0.25) is 0 Å². The Balaban J connectivity index is 3.67. The highest BCUT2D eigenvalue weighted by atomic mass is 16.6. The molecule has 90 valence electrons. The van der Waals surface area contributed by atoms with Crippen molar-refractivity contribution in [2.45, 2.75) is 32.7 Å². The highest BCUT2D eigenvalue weighted by Gasteiger charge is 2.29. The van der Waals surface area contributed by atoms with Crippen molar-refractivity contribution in [1.29, 1.82) is 5.26 Å². The molecule has 0 saturated carbocycles. The van der Waals surface area contributed by atoms with Crippen LogP contribution in [0.1, 0.15) is 37.5 Å². The Kier molecular flexibility index (Phi) is 3.49. The van der Waals surface area contributed by atoms with E-state index in [4.69, 9.17) is 11.0 Å². The summed E-state index contributed by atoms with van der Waals surface area (Å²) >= 11 is 0. The molecule has 0 aliphatic carbocycles. The monoisotopic (exact) mass is 233 g/mol. The predicted molar refractivity (Wildman–Crippen MR) is 64.4 cm³/mol. The topological polar surface area (TPSA) is 93.0 Å². The summed E-state index contributed by atoms with van der Waals surface area (Å²) < 4.78 is 0. The van der Waals surface area contributed by atoms with E-state index >= 15 is 0 Å². The van der Waals surface area contributed by atoms with Gasteiger partial charge in [-0.05, 0) is 11.0 Å². The maximum atomic E-state index is 11.1. The van der Waals surface area contributed by atoms with Crippen LogP contribution in [0.5, 0.6) is 0 Å². The van der Waals surface area contributed by atoms with Gasteiger partial charge in [-0.2, -0.15) is 5.26 Å². The molecule has 0 heterocycles. The normalized spacial score (nSPS) is 11.0. The molecule has 0 aliphatic rings. The standard InChI is InChI=1S/C12H15N3O2/c1-12(2,3)10-5-4-8(6-13)9(7-14)11(10)15(16)17/h4-5H,6,13H2,1-3H3. The van der Waals surface area contributed by atoms with Gasteiger partial charge in [0, 0.05) is 12.1 Å². The molecule has 0 saturated heterocycles. The molecule has 1 aromatic rings. The van der Waals surface area contributed by atoms with Gasteiger partial charge in [-0.15, -0.1) is 0 Å². The van der Waals surface area contributed by atoms with E-state index in [1.807, 2.05) is 26.8 Å². The quantitative estimate of drug-likeness (QED) is 0.626. The van der Waals surface area contributed by atoms with Gasteiger partial charge in [-0.25, -0.2) is 0 Å². The molecule has 0 spiro atoms. The lowest BCUT2D eigenvalue weighted by Crippen LogP contribution is -2.16. The molecule has 0 aromatic heterocycles. The minimum absolute atomic E-state index is 0.0740. The summed E-state index contributed by atoms with van der Waals surface area (Å²) in [5, 5.41) is 20.2. The van der Waals surface area contributed by atoms with Crippen molar-refractivity contribution in [2.75, 3.05) is 0 Å². The van der Waals surface area contributed by atoms with Crippen LogP contribution in [0.3, 0.4) is 0 Å². The fraction of sp³-hybridized carbons (Fsp3) is 0.417. The average Bonchev–Trinajstić information content (AvgIpc) is 2.25. The Labute approximate surface area is 100 Å². The summed E-state index contributed by atoms with van der Waals surface area (Å²) in [5.41, 5.74) is 6.10. The van der Waals surface area contributed by atoms with E-state index in [1.165, 1.54) is 0 Å². The van der Waals surface area contributed by atoms with Crippen molar-refractivity contribution in [2.24, 2.45) is 5.73 Å². The third-order valence-corrected chi connectivity index (χ3v) is 2.59. The second-order valence-corrected chi connectivity index (χ2v) is 4.82. The molecule has 1 aromatic carbocycles. The molecule has 5 nitrogen and oxygen atoms in total. The van der Waals surface area contributed by atoms with E-state index in [1.54, 1.807) is 12.1 Å². The van der Waals surface area contributed by atoms with Gasteiger partial charge >= 0.3 is 0 Å². The van der Waals surface area contributed by atoms with Gasteiger partial charge in [-0.1, -0.05) is 32.9 Å². The number of rotatable bonds is 2. The first-order valence-electron chi connectivity index (χ1n) is 5.23. The Hall–Kier alpha value is -1.93. The van der Waals surface area contributed by atoms with Crippen LogP contribution in [0.4, 0.5) is 5.69 Å². The molecule has 0 radical (unpaired) electrons. The van der Waals surface area contributed by atoms with Gasteiger partial charge in [0.1, 0.15) is 11.6 Å². The maximum absolute atomic E-state index is 11.1. The zero-order chi connectivity index (χ0) is 13.2. The van der Waals surface area contributed by atoms with E-state index in [0.29, 0.717) is 11.1 Å². The Bertz CT molecular complexity index is 496. The number of nitro groups is 1. The summed E-state index contributed by atoms with van der Waals surface area (Å²) in [4.78, 5) is 10.6. The van der Waals surface area contributed by atoms with E-state index in [9.17, 15) is 10.1 Å². The summed E-state index contributed by atoms with van der Waals surface area (Å²) in [6.45, 7) is 5.74. The fourth-order valence-electron chi connectivity index (χ4n) is 1.72. The number of benzene rings is 1. The SMILES string of the molecule is CC(C)(C)c1ccc(CN)c(C#N)c1[N+](=O)[O-]. The molecular formula is C12H15N3O2. The molecule has 0 atom stereocenters. The van der Waals surface area contributed by atoms with E-state index in [2.05, 4.69) is 0 Å². The molecule has 0 fully saturated rings. The fourth-order valence-corrected chi connectivity index (χ4v) is 1.72. The van der Waals surface area contributed by atoms with E-state index in [-0.39, 0.29) is 23.2 Å². The van der Waals surface area contributed by atoms with Gasteiger partial charge < -0.3 is 5.73 Å². The number of nitrogens with two attached hydrogens (primary N) is 1. The van der Waals surface area contributed by atoms with Gasteiger partial charge in [-0.3, -0.25) is 10.1 Å². The molecule has 0 unspecified atom stereocenters. The first kappa shape index (κ1) is 13.1. The largest absolute Gasteiger partial charge is 0.326 e. The van der Waals surface area contributed by atoms with Crippen LogP contribution >= 0.6 is 0 Å². The van der Waals surface area contributed by atoms with E-state index in [0.717, 1.165) is 0 Å². The molecule has 0 amide bonds. The number of hydrogen-bond donors (Lipinski definition) is 1. The third kappa shape index (κ3) is 2.43. The zero-order valence-corrected chi connectivity index (χ0v) is 10.2. The first-order chi connectivity index (χ1) is 7.82. The van der Waals surface area contributed by atoms with Crippen LogP contribution in [0.15, 0.2) is 12.1 Å². The second kappa shape index (κ2) is 4.52. The highest BCUT2D eigenvalue weighted by molar-refractivity contribution is 5.60. The summed E-state index contributed by atoms with van der Waals surface area (Å²) in [6.07, 6.45) is 0. The van der Waals surface area contributed by atoms with Crippen molar-refractivity contribution in [1.82, 2.24) is 0 Å². The summed E-state index contributed by atoms with van der Waals surface area (Å²) in [5.74, 6) is 0. The van der Waals surface area contributed by atoms with Crippen LogP contribution in [0.25, 0.3) is 0 Å². The third-order valence-electron chi connectivity index (χ3n) is 2.59. The van der Waals surface area contributed by atoms with Crippen LogP contribution in [-0.4, -0.2) is 4.92 Å². The molecule has 5 heteroatoms. The molecule has 2 N–H and O–H groups in total. The molecule has 1 rings (SSSR count). The van der Waals surface area contributed by atoms with Crippen molar-refractivity contribution in [3.63, 3.8) is 0 Å². The second-order valence-electron chi connectivity index (χ2n) is 4.82. The number of nitrogens with zero attached hydrogens (tertiary/aromatic N) is 2. The lowest BCUT2D eigenvalue weighted by molar-refractivity contribution is -0.386. The van der Waals surface area contributed by atoms with Crippen LogP contribution in [0, 0.1) is 21.4 Å². The number of nitro benzene ring substituents is 1. The van der Waals surface area contributed by atoms with Gasteiger partial charge in [0.15, 0.2) is 0 Å². The van der Waals surface area contributed by atoms with Gasteiger partial charge in [0.25, 0.3) is 5.69 Å². The smallest absolute Gasteiger partial charge is 0.291 e. The maximum Gasteiger partial charge on any atom is 0.291 e. The summed E-state index contributed by atoms with van der Waals surface area (Å²) in [6, 6.07) is 5.26. The zero-order valence-electron chi connectivity index (χ0n) is 10.2. The Morgan fingerprint density at radius 1 is 1.47 bits per heavy atom. The highest BCUT2D eigenvalue weighted by Crippen LogP contribution is 2.35. The number of hydrogen-bond acceptors (Lipinski definition) is 4. The Morgan fingerprint density at radius 3 is 2.41 bits per heavy atom. The molecular weight excluding hydrogens is 218 g/mol. The minimum Gasteiger partial charge on any atom is -0.326 e. The predicted octanol–water partition coefficient (Wildman–Crippen LogP) is 2.22. The van der Waals surface area contributed by atoms with E-state index < -0.39 is 4.92 Å². The van der Waals surface area contributed by atoms with Gasteiger partial charge in [0.05, 0.1) is 4.92 Å². The van der Waals surface area contributed by atoms with Crippen molar-refractivity contribution >= 4 is 5.69 Å². The Morgan fingerprint density at radius 2 is 2.06 bits per heavy atom. The molecule has 0 bridgehead atoms. The molecule has 17 heavy (non-hydrogen) atoms. The van der Waals surface area contributed by atoms with Gasteiger partial charge in [0.2, 0.25) is 0 Å².